The van der Waals surface area contributed by atoms with Crippen LogP contribution in [0.15, 0.2) is 54.7 Å². The molecular formula is C18H12F3N3O2. The maximum Gasteiger partial charge on any atom is 0.417 e. The average molecular weight is 359 g/mol. The van der Waals surface area contributed by atoms with Gasteiger partial charge in [0.1, 0.15) is 0 Å². The summed E-state index contributed by atoms with van der Waals surface area (Å²) in [7, 11) is 0. The molecule has 3 rings (SSSR count). The molecule has 0 aliphatic rings. The fourth-order valence-corrected chi connectivity index (χ4v) is 2.54. The van der Waals surface area contributed by atoms with E-state index >= 15 is 0 Å². The first-order valence-electron chi connectivity index (χ1n) is 7.43. The summed E-state index contributed by atoms with van der Waals surface area (Å²) in [4.78, 5) is 27.4. The van der Waals surface area contributed by atoms with Gasteiger partial charge in [-0.25, -0.2) is 0 Å². The van der Waals surface area contributed by atoms with Crippen molar-refractivity contribution in [1.82, 2.24) is 4.98 Å². The number of amides is 2. The normalized spacial score (nSPS) is 11.3. The SMILES string of the molecule is NC(=O)c1ccc(NC(=O)c2cnc3ccccc3c2C(F)(F)F)cc1. The first kappa shape index (κ1) is 17.4. The summed E-state index contributed by atoms with van der Waals surface area (Å²) in [5.74, 6) is -1.61. The number of fused-ring (bicyclic) bond motifs is 1. The topological polar surface area (TPSA) is 85.1 Å². The van der Waals surface area contributed by atoms with Crippen LogP contribution in [0.2, 0.25) is 0 Å². The van der Waals surface area contributed by atoms with E-state index in [0.717, 1.165) is 6.20 Å². The molecule has 0 bridgehead atoms. The molecule has 8 heteroatoms. The van der Waals surface area contributed by atoms with Crippen molar-refractivity contribution in [3.8, 4) is 0 Å². The number of pyridine rings is 1. The average Bonchev–Trinajstić information content (AvgIpc) is 2.60. The van der Waals surface area contributed by atoms with E-state index in [1.54, 1.807) is 6.07 Å². The van der Waals surface area contributed by atoms with E-state index in [1.807, 2.05) is 0 Å². The van der Waals surface area contributed by atoms with E-state index < -0.39 is 29.1 Å². The van der Waals surface area contributed by atoms with Crippen LogP contribution >= 0.6 is 0 Å². The minimum atomic E-state index is -4.73. The Hall–Kier alpha value is -3.42. The Morgan fingerprint density at radius 1 is 1.00 bits per heavy atom. The predicted molar refractivity (Wildman–Crippen MR) is 89.7 cm³/mol. The molecule has 0 saturated carbocycles. The lowest BCUT2D eigenvalue weighted by molar-refractivity contribution is -0.136. The lowest BCUT2D eigenvalue weighted by Gasteiger charge is -2.15. The highest BCUT2D eigenvalue weighted by molar-refractivity contribution is 6.08. The Kier molecular flexibility index (Phi) is 4.33. The molecule has 2 aromatic carbocycles. The van der Waals surface area contributed by atoms with Crippen LogP contribution in [0, 0.1) is 0 Å². The summed E-state index contributed by atoms with van der Waals surface area (Å²) in [6.45, 7) is 0. The minimum Gasteiger partial charge on any atom is -0.366 e. The van der Waals surface area contributed by atoms with Gasteiger partial charge in [-0.3, -0.25) is 14.6 Å². The molecule has 1 aromatic heterocycles. The quantitative estimate of drug-likeness (QED) is 0.749. The van der Waals surface area contributed by atoms with Crippen LogP contribution in [0.3, 0.4) is 0 Å². The van der Waals surface area contributed by atoms with Gasteiger partial charge in [-0.15, -0.1) is 0 Å². The van der Waals surface area contributed by atoms with Crippen molar-refractivity contribution >= 4 is 28.4 Å². The molecule has 0 aliphatic heterocycles. The molecule has 3 aromatic rings. The van der Waals surface area contributed by atoms with Gasteiger partial charge in [0.2, 0.25) is 5.91 Å². The molecule has 0 aliphatic carbocycles. The molecule has 0 fully saturated rings. The number of nitrogens with one attached hydrogen (secondary N) is 1. The largest absolute Gasteiger partial charge is 0.417 e. The van der Waals surface area contributed by atoms with Gasteiger partial charge in [-0.1, -0.05) is 18.2 Å². The maximum atomic E-state index is 13.6. The summed E-state index contributed by atoms with van der Waals surface area (Å²) < 4.78 is 40.7. The molecule has 0 unspecified atom stereocenters. The van der Waals surface area contributed by atoms with Crippen molar-refractivity contribution in [1.29, 1.82) is 0 Å². The van der Waals surface area contributed by atoms with E-state index in [0.29, 0.717) is 0 Å². The fraction of sp³-hybridized carbons (Fsp3) is 0.0556. The highest BCUT2D eigenvalue weighted by Gasteiger charge is 2.37. The number of carbonyl (C=O) groups excluding carboxylic acids is 2. The second-order valence-corrected chi connectivity index (χ2v) is 5.46. The smallest absolute Gasteiger partial charge is 0.366 e. The van der Waals surface area contributed by atoms with Crippen LogP contribution in [0.5, 0.6) is 0 Å². The Morgan fingerprint density at radius 2 is 1.65 bits per heavy atom. The summed E-state index contributed by atoms with van der Waals surface area (Å²) in [5.41, 5.74) is 4.06. The number of anilines is 1. The van der Waals surface area contributed by atoms with Crippen LogP contribution in [0.4, 0.5) is 18.9 Å². The van der Waals surface area contributed by atoms with Gasteiger partial charge >= 0.3 is 6.18 Å². The van der Waals surface area contributed by atoms with Crippen molar-refractivity contribution in [2.24, 2.45) is 5.73 Å². The van der Waals surface area contributed by atoms with Crippen molar-refractivity contribution in [3.05, 3.63) is 71.4 Å². The van der Waals surface area contributed by atoms with Gasteiger partial charge in [0.05, 0.1) is 16.6 Å². The summed E-state index contributed by atoms with van der Waals surface area (Å²) in [6, 6.07) is 11.2. The standard InChI is InChI=1S/C18H12F3N3O2/c19-18(20,21)15-12-3-1-2-4-14(12)23-9-13(15)17(26)24-11-7-5-10(6-8-11)16(22)25/h1-9H,(H2,22,25)(H,24,26). The lowest BCUT2D eigenvalue weighted by Crippen LogP contribution is -2.20. The molecule has 0 spiro atoms. The first-order chi connectivity index (χ1) is 12.3. The zero-order chi connectivity index (χ0) is 18.9. The van der Waals surface area contributed by atoms with Gasteiger partial charge in [-0.2, -0.15) is 13.2 Å². The van der Waals surface area contributed by atoms with Crippen molar-refractivity contribution in [2.45, 2.75) is 6.18 Å². The highest BCUT2D eigenvalue weighted by atomic mass is 19.4. The molecule has 5 nitrogen and oxygen atoms in total. The second-order valence-electron chi connectivity index (χ2n) is 5.46. The van der Waals surface area contributed by atoms with E-state index in [-0.39, 0.29) is 22.2 Å². The van der Waals surface area contributed by atoms with Crippen LogP contribution in [-0.2, 0) is 6.18 Å². The molecule has 1 heterocycles. The Bertz CT molecular complexity index is 999. The number of rotatable bonds is 3. The third kappa shape index (κ3) is 3.34. The van der Waals surface area contributed by atoms with Crippen LogP contribution in [0.25, 0.3) is 10.9 Å². The molecule has 3 N–H and O–H groups in total. The van der Waals surface area contributed by atoms with Gasteiger partial charge in [-0.05, 0) is 30.3 Å². The summed E-state index contributed by atoms with van der Waals surface area (Å²) in [6.07, 6.45) is -3.83. The van der Waals surface area contributed by atoms with Crippen LogP contribution < -0.4 is 11.1 Å². The van der Waals surface area contributed by atoms with Crippen LogP contribution in [-0.4, -0.2) is 16.8 Å². The highest BCUT2D eigenvalue weighted by Crippen LogP contribution is 2.37. The Balaban J connectivity index is 2.01. The van der Waals surface area contributed by atoms with E-state index in [9.17, 15) is 22.8 Å². The van der Waals surface area contributed by atoms with Gasteiger partial charge in [0.15, 0.2) is 0 Å². The number of nitrogens with zero attached hydrogens (tertiary/aromatic N) is 1. The predicted octanol–water partition coefficient (Wildman–Crippen LogP) is 3.60. The number of hydrogen-bond donors (Lipinski definition) is 2. The molecule has 2 amide bonds. The first-order valence-corrected chi connectivity index (χ1v) is 7.43. The third-order valence-corrected chi connectivity index (χ3v) is 3.73. The van der Waals surface area contributed by atoms with E-state index in [4.69, 9.17) is 5.73 Å². The molecule has 132 valence electrons. The second kappa shape index (κ2) is 6.47. The monoisotopic (exact) mass is 359 g/mol. The van der Waals surface area contributed by atoms with E-state index in [2.05, 4.69) is 10.3 Å². The zero-order valence-corrected chi connectivity index (χ0v) is 13.2. The number of hydrogen-bond acceptors (Lipinski definition) is 3. The number of primary amides is 1. The Morgan fingerprint density at radius 3 is 2.27 bits per heavy atom. The van der Waals surface area contributed by atoms with Crippen molar-refractivity contribution in [3.63, 3.8) is 0 Å². The minimum absolute atomic E-state index is 0.141. The molecule has 0 radical (unpaired) electrons. The number of nitrogens with two attached hydrogens (primary N) is 1. The summed E-state index contributed by atoms with van der Waals surface area (Å²) in [5, 5.41) is 2.21. The Labute approximate surface area is 145 Å². The molecule has 0 atom stereocenters. The van der Waals surface area contributed by atoms with Gasteiger partial charge in [0, 0.05) is 22.8 Å². The third-order valence-electron chi connectivity index (χ3n) is 3.73. The number of carbonyl (C=O) groups is 2. The van der Waals surface area contributed by atoms with Crippen molar-refractivity contribution in [2.75, 3.05) is 5.32 Å². The molecule has 26 heavy (non-hydrogen) atoms. The maximum absolute atomic E-state index is 13.6. The van der Waals surface area contributed by atoms with Gasteiger partial charge in [0.25, 0.3) is 5.91 Å². The number of halogens is 3. The lowest BCUT2D eigenvalue weighted by atomic mass is 10.0. The van der Waals surface area contributed by atoms with Crippen LogP contribution in [0.1, 0.15) is 26.3 Å². The molecule has 0 saturated heterocycles. The zero-order valence-electron chi connectivity index (χ0n) is 13.2. The number of aromatic nitrogens is 1. The fourth-order valence-electron chi connectivity index (χ4n) is 2.54. The number of para-hydroxylation sites is 1. The van der Waals surface area contributed by atoms with Gasteiger partial charge < -0.3 is 11.1 Å². The summed E-state index contributed by atoms with van der Waals surface area (Å²) >= 11 is 0. The number of alkyl halides is 3. The van der Waals surface area contributed by atoms with E-state index in [1.165, 1.54) is 42.5 Å². The number of benzene rings is 2. The van der Waals surface area contributed by atoms with Crippen molar-refractivity contribution < 1.29 is 22.8 Å². The molecular weight excluding hydrogens is 347 g/mol.